The summed E-state index contributed by atoms with van der Waals surface area (Å²) < 4.78 is 16.0. The average molecular weight is 356 g/mol. The molecule has 0 bridgehead atoms. The van der Waals surface area contributed by atoms with Gasteiger partial charge in [0.05, 0.1) is 16.4 Å². The van der Waals surface area contributed by atoms with Crippen molar-refractivity contribution in [2.75, 3.05) is 0 Å². The molecular weight excluding hydrogens is 339 g/mol. The molecule has 0 spiro atoms. The third-order valence-corrected chi connectivity index (χ3v) is 4.40. The van der Waals surface area contributed by atoms with Gasteiger partial charge in [0.2, 0.25) is 5.91 Å². The molecule has 25 heavy (non-hydrogen) atoms. The summed E-state index contributed by atoms with van der Waals surface area (Å²) in [6, 6.07) is 4.88. The monoisotopic (exact) mass is 356 g/mol. The molecular formula is C18H17FN4OS. The Bertz CT molecular complexity index is 929. The molecule has 0 saturated heterocycles. The summed E-state index contributed by atoms with van der Waals surface area (Å²) in [5.41, 5.74) is 1.87. The van der Waals surface area contributed by atoms with Crippen LogP contribution in [0.5, 0.6) is 0 Å². The summed E-state index contributed by atoms with van der Waals surface area (Å²) >= 11 is 1.53. The first-order chi connectivity index (χ1) is 12.0. The summed E-state index contributed by atoms with van der Waals surface area (Å²) in [5.74, 6) is 0.101. The van der Waals surface area contributed by atoms with Gasteiger partial charge in [-0.05, 0) is 37.6 Å². The van der Waals surface area contributed by atoms with E-state index in [4.69, 9.17) is 0 Å². The number of halogens is 1. The minimum Gasteiger partial charge on any atom is -0.348 e. The second kappa shape index (κ2) is 7.40. The van der Waals surface area contributed by atoms with Gasteiger partial charge in [-0.15, -0.1) is 11.3 Å². The van der Waals surface area contributed by atoms with Crippen LogP contribution in [0.25, 0.3) is 11.8 Å². The normalized spacial score (nSPS) is 11.2. The minimum atomic E-state index is -0.360. The molecule has 3 rings (SSSR count). The molecule has 2 aromatic heterocycles. The van der Waals surface area contributed by atoms with Crippen molar-refractivity contribution in [2.24, 2.45) is 0 Å². The van der Waals surface area contributed by atoms with Gasteiger partial charge in [-0.25, -0.2) is 14.4 Å². The highest BCUT2D eigenvalue weighted by atomic mass is 32.1. The number of aromatic nitrogens is 3. The van der Waals surface area contributed by atoms with Crippen LogP contribution in [0.15, 0.2) is 42.0 Å². The number of aryl methyl sites for hydroxylation is 2. The fourth-order valence-corrected chi connectivity index (χ4v) is 2.93. The smallest absolute Gasteiger partial charge is 0.244 e. The van der Waals surface area contributed by atoms with E-state index in [2.05, 4.69) is 15.3 Å². The van der Waals surface area contributed by atoms with Crippen molar-refractivity contribution in [2.45, 2.75) is 20.4 Å². The highest BCUT2D eigenvalue weighted by molar-refractivity contribution is 7.09. The van der Waals surface area contributed by atoms with Crippen molar-refractivity contribution in [3.63, 3.8) is 0 Å². The zero-order chi connectivity index (χ0) is 17.8. The van der Waals surface area contributed by atoms with Crippen LogP contribution >= 0.6 is 11.3 Å². The highest BCUT2D eigenvalue weighted by Crippen LogP contribution is 2.16. The Hall–Kier alpha value is -2.80. The number of imidazole rings is 1. The van der Waals surface area contributed by atoms with E-state index in [0.717, 1.165) is 10.7 Å². The van der Waals surface area contributed by atoms with E-state index >= 15 is 0 Å². The van der Waals surface area contributed by atoms with E-state index in [0.29, 0.717) is 17.1 Å². The number of hydrogen-bond donors (Lipinski definition) is 1. The number of thiazole rings is 1. The Morgan fingerprint density at radius 3 is 2.88 bits per heavy atom. The molecule has 5 nitrogen and oxygen atoms in total. The second-order valence-electron chi connectivity index (χ2n) is 5.47. The Labute approximate surface area is 148 Å². The van der Waals surface area contributed by atoms with Crippen LogP contribution in [0, 0.1) is 19.7 Å². The molecule has 1 aromatic carbocycles. The Morgan fingerprint density at radius 1 is 1.40 bits per heavy atom. The number of nitrogens with zero attached hydrogens (tertiary/aromatic N) is 3. The number of hydrogen-bond acceptors (Lipinski definition) is 4. The number of amides is 1. The third kappa shape index (κ3) is 4.19. The van der Waals surface area contributed by atoms with E-state index in [1.807, 2.05) is 19.2 Å². The molecule has 0 aliphatic rings. The van der Waals surface area contributed by atoms with Crippen LogP contribution in [0.4, 0.5) is 4.39 Å². The summed E-state index contributed by atoms with van der Waals surface area (Å²) in [6.45, 7) is 3.97. The molecule has 2 heterocycles. The van der Waals surface area contributed by atoms with Gasteiger partial charge in [0.1, 0.15) is 11.6 Å². The van der Waals surface area contributed by atoms with Gasteiger partial charge < -0.3 is 9.88 Å². The predicted octanol–water partition coefficient (Wildman–Crippen LogP) is 3.41. The Balaban J connectivity index is 1.62. The maximum Gasteiger partial charge on any atom is 0.244 e. The Morgan fingerprint density at radius 2 is 2.24 bits per heavy atom. The van der Waals surface area contributed by atoms with Crippen LogP contribution in [-0.4, -0.2) is 20.4 Å². The van der Waals surface area contributed by atoms with Crippen LogP contribution in [0.3, 0.4) is 0 Å². The highest BCUT2D eigenvalue weighted by Gasteiger charge is 2.08. The first-order valence-electron chi connectivity index (χ1n) is 7.70. The lowest BCUT2D eigenvalue weighted by Crippen LogP contribution is -2.20. The molecule has 3 aromatic rings. The number of rotatable bonds is 5. The van der Waals surface area contributed by atoms with Crippen LogP contribution < -0.4 is 5.32 Å². The molecule has 1 amide bonds. The van der Waals surface area contributed by atoms with E-state index in [-0.39, 0.29) is 18.3 Å². The quantitative estimate of drug-likeness (QED) is 0.713. The molecule has 0 aliphatic heterocycles. The van der Waals surface area contributed by atoms with Crippen molar-refractivity contribution in [1.29, 1.82) is 0 Å². The molecule has 128 valence electrons. The predicted molar refractivity (Wildman–Crippen MR) is 96.0 cm³/mol. The van der Waals surface area contributed by atoms with E-state index in [9.17, 15) is 9.18 Å². The topological polar surface area (TPSA) is 59.8 Å². The number of nitrogens with one attached hydrogen (secondary N) is 1. The molecule has 0 fully saturated rings. The van der Waals surface area contributed by atoms with Gasteiger partial charge in [0, 0.05) is 30.4 Å². The van der Waals surface area contributed by atoms with Crippen molar-refractivity contribution >= 4 is 23.3 Å². The van der Waals surface area contributed by atoms with Crippen molar-refractivity contribution in [3.8, 4) is 5.69 Å². The van der Waals surface area contributed by atoms with E-state index in [1.165, 1.54) is 23.5 Å². The summed E-state index contributed by atoms with van der Waals surface area (Å²) in [4.78, 5) is 20.2. The lowest BCUT2D eigenvalue weighted by atomic mass is 10.2. The summed E-state index contributed by atoms with van der Waals surface area (Å²) in [6.07, 6.45) is 6.41. The SMILES string of the molecule is Cc1nc(/C=C/C(=O)NCc2ccc(-n3ccnc3C)c(F)c2)cs1. The van der Waals surface area contributed by atoms with Gasteiger partial charge in [-0.3, -0.25) is 4.79 Å². The van der Waals surface area contributed by atoms with Crippen molar-refractivity contribution in [1.82, 2.24) is 19.9 Å². The van der Waals surface area contributed by atoms with E-state index in [1.54, 1.807) is 35.2 Å². The van der Waals surface area contributed by atoms with E-state index < -0.39 is 0 Å². The first kappa shape index (κ1) is 17.0. The largest absolute Gasteiger partial charge is 0.348 e. The molecule has 0 unspecified atom stereocenters. The fourth-order valence-electron chi connectivity index (χ4n) is 2.35. The fraction of sp³-hybridized carbons (Fsp3) is 0.167. The first-order valence-corrected chi connectivity index (χ1v) is 8.57. The average Bonchev–Trinajstić information content (AvgIpc) is 3.19. The molecule has 0 atom stereocenters. The number of carbonyl (C=O) groups excluding carboxylic acids is 1. The standard InChI is InChI=1S/C18H17FN4OS/c1-12-20-7-8-23(12)17-5-3-14(9-16(17)19)10-21-18(24)6-4-15-11-25-13(2)22-15/h3-9,11H,10H2,1-2H3,(H,21,24)/b6-4+. The third-order valence-electron chi connectivity index (χ3n) is 3.61. The molecule has 0 radical (unpaired) electrons. The molecule has 0 aliphatic carbocycles. The van der Waals surface area contributed by atoms with Crippen LogP contribution in [-0.2, 0) is 11.3 Å². The van der Waals surface area contributed by atoms with Crippen molar-refractivity contribution in [3.05, 3.63) is 70.0 Å². The van der Waals surface area contributed by atoms with Crippen LogP contribution in [0.2, 0.25) is 0 Å². The maximum atomic E-state index is 14.3. The summed E-state index contributed by atoms with van der Waals surface area (Å²) in [7, 11) is 0. The maximum absolute atomic E-state index is 14.3. The van der Waals surface area contributed by atoms with Gasteiger partial charge in [0.25, 0.3) is 0 Å². The molecule has 0 saturated carbocycles. The van der Waals surface area contributed by atoms with Crippen LogP contribution in [0.1, 0.15) is 22.1 Å². The lowest BCUT2D eigenvalue weighted by molar-refractivity contribution is -0.116. The Kier molecular flexibility index (Phi) is 5.04. The zero-order valence-electron chi connectivity index (χ0n) is 13.9. The summed E-state index contributed by atoms with van der Waals surface area (Å²) in [5, 5.41) is 5.56. The second-order valence-corrected chi connectivity index (χ2v) is 6.53. The number of benzene rings is 1. The zero-order valence-corrected chi connectivity index (χ0v) is 14.7. The van der Waals surface area contributed by atoms with Gasteiger partial charge in [-0.2, -0.15) is 0 Å². The van der Waals surface area contributed by atoms with Gasteiger partial charge >= 0.3 is 0 Å². The molecule has 7 heteroatoms. The molecule has 1 N–H and O–H groups in total. The lowest BCUT2D eigenvalue weighted by Gasteiger charge is -2.09. The minimum absolute atomic E-state index is 0.249. The number of carbonyl (C=O) groups is 1. The van der Waals surface area contributed by atoms with Crippen molar-refractivity contribution < 1.29 is 9.18 Å². The van der Waals surface area contributed by atoms with Gasteiger partial charge in [-0.1, -0.05) is 6.07 Å². The van der Waals surface area contributed by atoms with Gasteiger partial charge in [0.15, 0.2) is 0 Å².